The zero-order chi connectivity index (χ0) is 16.0. The number of nitrogens with one attached hydrogen (secondary N) is 1. The average molecular weight is 329 g/mol. The minimum absolute atomic E-state index is 0.112. The molecule has 5 heteroatoms. The van der Waals surface area contributed by atoms with Crippen LogP contribution < -0.4 is 5.32 Å². The number of anilines is 1. The summed E-state index contributed by atoms with van der Waals surface area (Å²) in [5.41, 5.74) is 6.58. The highest BCUT2D eigenvalue weighted by molar-refractivity contribution is 6.30. The second-order valence-electron chi connectivity index (χ2n) is 6.38. The highest BCUT2D eigenvalue weighted by Crippen LogP contribution is 2.38. The van der Waals surface area contributed by atoms with E-state index in [9.17, 15) is 4.79 Å². The van der Waals surface area contributed by atoms with Gasteiger partial charge in [0.25, 0.3) is 5.91 Å². The predicted octanol–water partition coefficient (Wildman–Crippen LogP) is 3.55. The monoisotopic (exact) mass is 328 g/mol. The Morgan fingerprint density at radius 2 is 1.83 bits per heavy atom. The van der Waals surface area contributed by atoms with Crippen molar-refractivity contribution < 1.29 is 4.79 Å². The lowest BCUT2D eigenvalue weighted by Crippen LogP contribution is -2.26. The largest absolute Gasteiger partial charge is 0.323 e. The predicted molar refractivity (Wildman–Crippen MR) is 90.7 cm³/mol. The Morgan fingerprint density at radius 3 is 2.39 bits per heavy atom. The molecule has 2 aliphatic rings. The zero-order valence-corrected chi connectivity index (χ0v) is 13.9. The number of hydrogen-bond acceptors (Lipinski definition) is 2. The first-order chi connectivity index (χ1) is 11.1. The fourth-order valence-electron chi connectivity index (χ4n) is 3.76. The first kappa shape index (κ1) is 14.8. The van der Waals surface area contributed by atoms with E-state index in [1.165, 1.54) is 46.0 Å². The fourth-order valence-corrected chi connectivity index (χ4v) is 3.90. The molecule has 0 bridgehead atoms. The van der Waals surface area contributed by atoms with Crippen LogP contribution in [0.3, 0.4) is 0 Å². The van der Waals surface area contributed by atoms with E-state index in [1.807, 2.05) is 0 Å². The van der Waals surface area contributed by atoms with Gasteiger partial charge in [0.05, 0.1) is 11.2 Å². The molecule has 1 aromatic heterocycles. The van der Waals surface area contributed by atoms with Crippen LogP contribution in [-0.2, 0) is 30.5 Å². The molecule has 23 heavy (non-hydrogen) atoms. The Kier molecular flexibility index (Phi) is 3.64. The third kappa shape index (κ3) is 2.55. The molecule has 4 rings (SSSR count). The Hall–Kier alpha value is -1.81. The van der Waals surface area contributed by atoms with E-state index in [4.69, 9.17) is 11.6 Å². The van der Waals surface area contributed by atoms with E-state index in [2.05, 4.69) is 16.5 Å². The number of benzene rings is 1. The van der Waals surface area contributed by atoms with Crippen molar-refractivity contribution in [3.8, 4) is 0 Å². The maximum atomic E-state index is 12.7. The molecular weight excluding hydrogens is 310 g/mol. The van der Waals surface area contributed by atoms with Crippen LogP contribution in [0.15, 0.2) is 18.5 Å². The van der Waals surface area contributed by atoms with Gasteiger partial charge in [-0.2, -0.15) is 5.10 Å². The number of nitrogens with zero attached hydrogens (tertiary/aromatic N) is 2. The minimum Gasteiger partial charge on any atom is -0.323 e. The van der Waals surface area contributed by atoms with Gasteiger partial charge in [-0.15, -0.1) is 0 Å². The molecule has 1 heterocycles. The van der Waals surface area contributed by atoms with Crippen LogP contribution in [0.1, 0.15) is 42.0 Å². The van der Waals surface area contributed by atoms with Gasteiger partial charge < -0.3 is 5.32 Å². The van der Waals surface area contributed by atoms with Gasteiger partial charge in [-0.25, -0.2) is 0 Å². The summed E-state index contributed by atoms with van der Waals surface area (Å²) < 4.78 is 1.53. The molecular formula is C18H19ClN3O. The second kappa shape index (κ2) is 5.68. The van der Waals surface area contributed by atoms with Crippen LogP contribution in [0.2, 0.25) is 5.02 Å². The Bertz CT molecular complexity index is 749. The van der Waals surface area contributed by atoms with E-state index in [1.54, 1.807) is 13.1 Å². The lowest BCUT2D eigenvalue weighted by atomic mass is 9.98. The van der Waals surface area contributed by atoms with Crippen molar-refractivity contribution >= 4 is 23.2 Å². The van der Waals surface area contributed by atoms with Crippen molar-refractivity contribution in [1.82, 2.24) is 9.78 Å². The molecule has 0 spiro atoms. The molecule has 119 valence electrons. The van der Waals surface area contributed by atoms with Crippen molar-refractivity contribution in [3.05, 3.63) is 51.8 Å². The first-order valence-electron chi connectivity index (χ1n) is 8.15. The Balaban J connectivity index is 1.65. The van der Waals surface area contributed by atoms with Gasteiger partial charge in [-0.1, -0.05) is 17.7 Å². The lowest BCUT2D eigenvalue weighted by Gasteiger charge is -2.18. The van der Waals surface area contributed by atoms with Crippen molar-refractivity contribution in [3.63, 3.8) is 0 Å². The van der Waals surface area contributed by atoms with Gasteiger partial charge in [0.1, 0.15) is 0 Å². The van der Waals surface area contributed by atoms with E-state index < -0.39 is 0 Å². The average Bonchev–Trinajstić information content (AvgIpc) is 3.25. The topological polar surface area (TPSA) is 46.9 Å². The summed E-state index contributed by atoms with van der Waals surface area (Å²) in [6.45, 7) is 1.77. The maximum Gasteiger partial charge on any atom is 0.255 e. The van der Waals surface area contributed by atoms with Gasteiger partial charge in [-0.3, -0.25) is 9.48 Å². The third-order valence-electron chi connectivity index (χ3n) is 4.93. The SMILES string of the molecule is C[C](C(=O)Nc1c2c(cc3c1CCC3)CCC2)n1cc(Cl)cn1. The summed E-state index contributed by atoms with van der Waals surface area (Å²) >= 11 is 5.89. The van der Waals surface area contributed by atoms with E-state index in [-0.39, 0.29) is 5.91 Å². The number of rotatable bonds is 3. The molecule has 1 N–H and O–H groups in total. The van der Waals surface area contributed by atoms with Crippen LogP contribution in [-0.4, -0.2) is 15.7 Å². The van der Waals surface area contributed by atoms with Crippen LogP contribution in [0.4, 0.5) is 5.69 Å². The molecule has 0 aliphatic heterocycles. The molecule has 0 atom stereocenters. The molecule has 1 amide bonds. The molecule has 2 aromatic rings. The highest BCUT2D eigenvalue weighted by atomic mass is 35.5. The number of carbonyl (C=O) groups excluding carboxylic acids is 1. The van der Waals surface area contributed by atoms with Gasteiger partial charge in [0.15, 0.2) is 6.04 Å². The van der Waals surface area contributed by atoms with E-state index in [0.29, 0.717) is 11.1 Å². The molecule has 1 radical (unpaired) electrons. The lowest BCUT2D eigenvalue weighted by molar-refractivity contribution is -0.115. The van der Waals surface area contributed by atoms with Crippen LogP contribution in [0, 0.1) is 6.04 Å². The summed E-state index contributed by atoms with van der Waals surface area (Å²) in [7, 11) is 0. The molecule has 0 saturated carbocycles. The normalized spacial score (nSPS) is 15.8. The Labute approximate surface area is 140 Å². The van der Waals surface area contributed by atoms with Crippen molar-refractivity contribution in [1.29, 1.82) is 0 Å². The fraction of sp³-hybridized carbons (Fsp3) is 0.389. The number of aromatic nitrogens is 2. The van der Waals surface area contributed by atoms with Gasteiger partial charge in [-0.05, 0) is 67.7 Å². The Morgan fingerprint density at radius 1 is 1.17 bits per heavy atom. The first-order valence-corrected chi connectivity index (χ1v) is 8.53. The van der Waals surface area contributed by atoms with Gasteiger partial charge in [0.2, 0.25) is 0 Å². The molecule has 0 fully saturated rings. The molecule has 0 unspecified atom stereocenters. The molecule has 2 aliphatic carbocycles. The molecule has 1 aromatic carbocycles. The summed E-state index contributed by atoms with van der Waals surface area (Å²) in [5, 5.41) is 7.81. The zero-order valence-electron chi connectivity index (χ0n) is 13.2. The third-order valence-corrected chi connectivity index (χ3v) is 5.13. The van der Waals surface area contributed by atoms with E-state index >= 15 is 0 Å². The van der Waals surface area contributed by atoms with Crippen LogP contribution in [0.25, 0.3) is 0 Å². The maximum absolute atomic E-state index is 12.7. The van der Waals surface area contributed by atoms with Crippen molar-refractivity contribution in [2.75, 3.05) is 5.32 Å². The summed E-state index contributed by atoms with van der Waals surface area (Å²) in [6.07, 6.45) is 9.92. The summed E-state index contributed by atoms with van der Waals surface area (Å²) in [4.78, 5) is 12.7. The minimum atomic E-state index is -0.112. The standard InChI is InChI=1S/C18H19ClN3O/c1-11(22-10-14(19)9-20-22)18(23)21-17-15-6-2-4-12(15)8-13-5-3-7-16(13)17/h8-10H,2-7H2,1H3,(H,21,23). The highest BCUT2D eigenvalue weighted by Gasteiger charge is 2.26. The number of carbonyl (C=O) groups is 1. The number of fused-ring (bicyclic) bond motifs is 2. The second-order valence-corrected chi connectivity index (χ2v) is 6.81. The number of hydrogen-bond donors (Lipinski definition) is 1. The van der Waals surface area contributed by atoms with Gasteiger partial charge >= 0.3 is 0 Å². The van der Waals surface area contributed by atoms with Gasteiger partial charge in [0, 0.05) is 11.9 Å². The van der Waals surface area contributed by atoms with Crippen molar-refractivity contribution in [2.45, 2.75) is 45.4 Å². The van der Waals surface area contributed by atoms with Crippen molar-refractivity contribution in [2.24, 2.45) is 0 Å². The van der Waals surface area contributed by atoms with Crippen LogP contribution in [0.5, 0.6) is 0 Å². The number of aryl methyl sites for hydroxylation is 2. The summed E-state index contributed by atoms with van der Waals surface area (Å²) in [6, 6.07) is 2.89. The molecule has 0 saturated heterocycles. The van der Waals surface area contributed by atoms with E-state index in [0.717, 1.165) is 31.4 Å². The summed E-state index contributed by atoms with van der Waals surface area (Å²) in [5.74, 6) is -0.112. The number of halogens is 1. The number of amides is 1. The quantitative estimate of drug-likeness (QED) is 0.936. The smallest absolute Gasteiger partial charge is 0.255 e. The van der Waals surface area contributed by atoms with Crippen LogP contribution >= 0.6 is 11.6 Å². The molecule has 4 nitrogen and oxygen atoms in total.